The number of benzene rings is 7. The van der Waals surface area contributed by atoms with Gasteiger partial charge < -0.3 is 113 Å². The SMILES string of the molecule is CC(C)(C)OC(=O)Cn1cc(C[C@H](N)C(=O)O)c2ccccc21.CC(C)(C)OC(=O)Cn1cc(C[C@H](NC(=O)OC(C)(C)C)C(=O)O)c2ccccc21.CC(C)(C)OC(=O)Cn1cc(C[C@H](NC(=O)OCC2c3ccccc3-c3ccccc32)C(=O)O)c2ccccc21.COC(=O)[C@H](Cc1c[nH]c2ccccc12)NC(=O)OC(C)(C)C.COC(=O)[C@H](Cc1cn(CC(=O)OC(C)(C)C)c2ccccc12)NC(=O)OC(C)(C)C. The van der Waals surface area contributed by atoms with Crippen molar-refractivity contribution in [3.63, 3.8) is 0 Å². The number of rotatable bonds is 29. The predicted octanol–water partition coefficient (Wildman–Crippen LogP) is 17.3. The van der Waals surface area contributed by atoms with E-state index in [0.717, 1.165) is 93.5 Å². The molecule has 5 heterocycles. The second kappa shape index (κ2) is 49.4. The number of hydrogen-bond donors (Lipinski definition) is 9. The first-order chi connectivity index (χ1) is 68.6. The fourth-order valence-electron chi connectivity index (χ4n) is 16.2. The topological polar surface area (TPSA) is 485 Å². The predicted molar refractivity (Wildman–Crippen MR) is 554 cm³/mol. The van der Waals surface area contributed by atoms with E-state index in [4.69, 9.17) is 58.2 Å². The molecule has 7 aromatic carbocycles. The van der Waals surface area contributed by atoms with Crippen molar-refractivity contribution in [2.24, 2.45) is 5.73 Å². The van der Waals surface area contributed by atoms with Gasteiger partial charge in [-0.1, -0.05) is 140 Å². The first kappa shape index (κ1) is 115. The van der Waals surface area contributed by atoms with E-state index >= 15 is 0 Å². The highest BCUT2D eigenvalue weighted by Crippen LogP contribution is 2.45. The number of amides is 4. The number of H-pyrrole nitrogens is 1. The number of aromatic amines is 1. The number of nitrogens with two attached hydrogens (primary N) is 1. The van der Waals surface area contributed by atoms with Gasteiger partial charge in [-0.2, -0.15) is 0 Å². The van der Waals surface area contributed by atoms with Gasteiger partial charge in [-0.05, 0) is 226 Å². The van der Waals surface area contributed by atoms with Crippen LogP contribution in [0.3, 0.4) is 0 Å². The van der Waals surface area contributed by atoms with Crippen molar-refractivity contribution >= 4 is 133 Å². The van der Waals surface area contributed by atoms with Crippen molar-refractivity contribution in [1.82, 2.24) is 44.5 Å². The molecule has 0 saturated carbocycles. The molecule has 147 heavy (non-hydrogen) atoms. The molecule has 13 rings (SSSR count). The van der Waals surface area contributed by atoms with Crippen molar-refractivity contribution < 1.29 is 125 Å². The minimum atomic E-state index is -1.23. The van der Waals surface area contributed by atoms with Crippen LogP contribution in [-0.4, -0.2) is 207 Å². The van der Waals surface area contributed by atoms with Gasteiger partial charge in [-0.15, -0.1) is 0 Å². The summed E-state index contributed by atoms with van der Waals surface area (Å²) in [5, 5.41) is 43.0. The Morgan fingerprint density at radius 1 is 0.320 bits per heavy atom. The number of para-hydroxylation sites is 5. The average molecular weight is 2030 g/mol. The lowest BCUT2D eigenvalue weighted by atomic mass is 9.98. The fourth-order valence-corrected chi connectivity index (χ4v) is 16.2. The molecule has 0 saturated heterocycles. The van der Waals surface area contributed by atoms with Crippen molar-refractivity contribution in [2.75, 3.05) is 20.8 Å². The molecule has 12 aromatic rings. The highest BCUT2D eigenvalue weighted by atomic mass is 16.6. The zero-order valence-corrected chi connectivity index (χ0v) is 87.7. The van der Waals surface area contributed by atoms with Crippen LogP contribution < -0.4 is 27.0 Å². The summed E-state index contributed by atoms with van der Waals surface area (Å²) in [7, 11) is 2.55. The lowest BCUT2D eigenvalue weighted by Crippen LogP contribution is -2.45. The van der Waals surface area contributed by atoms with Gasteiger partial charge in [-0.25, -0.2) is 38.4 Å². The van der Waals surface area contributed by atoms with Crippen molar-refractivity contribution in [1.29, 1.82) is 0 Å². The largest absolute Gasteiger partial charge is 0.480 e. The summed E-state index contributed by atoms with van der Waals surface area (Å²) in [5.74, 6) is -6.13. The second-order valence-electron chi connectivity index (χ2n) is 42.2. The van der Waals surface area contributed by atoms with Crippen LogP contribution >= 0.6 is 0 Å². The van der Waals surface area contributed by atoms with Gasteiger partial charge in [0.05, 0.1) is 14.2 Å². The maximum atomic E-state index is 12.8. The molecule has 36 nitrogen and oxygen atoms in total. The molecule has 788 valence electrons. The number of esters is 6. The number of carboxylic acid groups (broad SMARTS) is 3. The Labute approximate surface area is 854 Å². The number of carbonyl (C=O) groups is 13. The van der Waals surface area contributed by atoms with Crippen LogP contribution in [0, 0.1) is 0 Å². The zero-order valence-electron chi connectivity index (χ0n) is 87.7. The molecule has 4 amide bonds. The van der Waals surface area contributed by atoms with Crippen LogP contribution in [0.4, 0.5) is 19.2 Å². The fraction of sp³-hybridized carbons (Fsp3) is 0.414. The summed E-state index contributed by atoms with van der Waals surface area (Å²) in [6, 6.07) is 48.5. The smallest absolute Gasteiger partial charge is 0.408 e. The van der Waals surface area contributed by atoms with Crippen LogP contribution in [0.1, 0.15) is 190 Å². The van der Waals surface area contributed by atoms with Crippen LogP contribution in [0.2, 0.25) is 0 Å². The molecule has 0 fully saturated rings. The van der Waals surface area contributed by atoms with E-state index in [9.17, 15) is 72.5 Å². The maximum absolute atomic E-state index is 12.8. The normalized spacial score (nSPS) is 13.0. The Morgan fingerprint density at radius 3 is 0.878 bits per heavy atom. The van der Waals surface area contributed by atoms with E-state index in [1.54, 1.807) is 147 Å². The van der Waals surface area contributed by atoms with E-state index in [-0.39, 0.29) is 76.3 Å². The average Bonchev–Trinajstić information content (AvgIpc) is 1.61. The Hall–Kier alpha value is -15.5. The van der Waals surface area contributed by atoms with E-state index in [2.05, 4.69) is 26.3 Å². The Balaban J connectivity index is 0.000000208. The first-order valence-corrected chi connectivity index (χ1v) is 48.0. The molecule has 1 aliphatic carbocycles. The van der Waals surface area contributed by atoms with E-state index in [0.29, 0.717) is 17.5 Å². The summed E-state index contributed by atoms with van der Waals surface area (Å²) in [5.41, 5.74) is 13.7. The molecule has 0 spiro atoms. The Kier molecular flexibility index (Phi) is 38.7. The monoisotopic (exact) mass is 2030 g/mol. The number of nitrogens with zero attached hydrogens (tertiary/aromatic N) is 4. The minimum absolute atomic E-state index is 0.00494. The molecule has 0 aliphatic heterocycles. The molecule has 5 aromatic heterocycles. The standard InChI is InChI=1S/C32H32N2O6.C23H32N2O6.C22H30N2O6.2C17H22N2O4/c1-32(2,3)40-29(35)18-34-17-20(21-10-8-9-15-28(21)34)16-27(30(36)37)33-31(38)39-19-26-24-13-6-4-11-22(24)23-12-5-7-14-25(23)26;1-22(2,3)30-19(26)14-25-13-15(16-10-8-9-11-18(16)25)12-17(20(27)29-7)24-21(28)31-23(4,5)6;1-21(2,3)29-18(25)13-24-12-14(15-9-7-8-10-17(15)24)11-16(19(26)27)23-20(28)30-22(4,5)6;1-17(2,3)23-16(21)19-14(15(20)22-4)9-11-10-18-13-8-6-5-7-12(11)13;1-17(2,3)23-15(20)10-19-9-11(8-13(18)16(21)22)12-6-4-5-7-14(12)19/h4-15,17,26-27H,16,18-19H2,1-3H3,(H,33,38)(H,36,37);8-11,13,17H,12,14H2,1-7H3,(H,24,28);7-10,12,16H,11,13H2,1-6H3,(H,23,28)(H,26,27);5-8,10,14,18H,9H2,1-4H3,(H,19,21);4-7,9,13H,8,10,18H2,1-3H3,(H,21,22)/t27-;17-;16-;14-;13-/m00000/s1. The van der Waals surface area contributed by atoms with Gasteiger partial charge >= 0.3 is 78.1 Å². The van der Waals surface area contributed by atoms with Crippen LogP contribution in [0.25, 0.3) is 65.6 Å². The summed E-state index contributed by atoms with van der Waals surface area (Å²) in [6.45, 7) is 37.4. The third-order valence-corrected chi connectivity index (χ3v) is 21.8. The minimum Gasteiger partial charge on any atom is -0.480 e. The molecular formula is C111H138N10O26. The molecule has 36 heteroatoms. The van der Waals surface area contributed by atoms with Crippen molar-refractivity contribution in [3.8, 4) is 11.1 Å². The number of aromatic nitrogens is 5. The molecular weight excluding hydrogens is 1890 g/mol. The van der Waals surface area contributed by atoms with Crippen LogP contribution in [0.15, 0.2) is 201 Å². The summed E-state index contributed by atoms with van der Waals surface area (Å²) >= 11 is 0. The maximum Gasteiger partial charge on any atom is 0.408 e. The first-order valence-electron chi connectivity index (χ1n) is 48.0. The highest BCUT2D eigenvalue weighted by molar-refractivity contribution is 5.93. The van der Waals surface area contributed by atoms with Crippen LogP contribution in [0.5, 0.6) is 0 Å². The molecule has 10 N–H and O–H groups in total. The van der Waals surface area contributed by atoms with Gasteiger partial charge in [0.15, 0.2) is 0 Å². The molecule has 0 radical (unpaired) electrons. The highest BCUT2D eigenvalue weighted by Gasteiger charge is 2.35. The number of nitrogens with one attached hydrogen (secondary N) is 5. The number of carboxylic acids is 3. The van der Waals surface area contributed by atoms with Crippen molar-refractivity contribution in [3.05, 3.63) is 240 Å². The van der Waals surface area contributed by atoms with Crippen molar-refractivity contribution in [2.45, 2.75) is 279 Å². The Bertz CT molecular complexity index is 6660. The molecule has 1 aliphatic rings. The van der Waals surface area contributed by atoms with Crippen LogP contribution in [-0.2, 0) is 149 Å². The number of alkyl carbamates (subject to hydrolysis) is 4. The summed E-state index contributed by atoms with van der Waals surface area (Å²) < 4.78 is 59.5. The van der Waals surface area contributed by atoms with Gasteiger partial charge in [0, 0.05) is 124 Å². The van der Waals surface area contributed by atoms with Gasteiger partial charge in [0.25, 0.3) is 0 Å². The van der Waals surface area contributed by atoms with E-state index < -0.39 is 136 Å². The van der Waals surface area contributed by atoms with Gasteiger partial charge in [-0.3, -0.25) is 24.0 Å². The quantitative estimate of drug-likeness (QED) is 0.0155. The molecule has 5 atom stereocenters. The van der Waals surface area contributed by atoms with E-state index in [1.807, 2.05) is 218 Å². The number of ether oxygens (including phenoxy) is 10. The second-order valence-corrected chi connectivity index (χ2v) is 42.2. The number of carbonyl (C=O) groups excluding carboxylic acids is 10. The molecule has 0 bridgehead atoms. The number of hydrogen-bond acceptors (Lipinski definition) is 24. The number of aliphatic carboxylic acids is 3. The zero-order chi connectivity index (χ0) is 109. The third kappa shape index (κ3) is 35.5. The van der Waals surface area contributed by atoms with E-state index in [1.165, 1.54) is 14.2 Å². The number of methoxy groups -OCH3 is 2. The van der Waals surface area contributed by atoms with Gasteiger partial charge in [0.2, 0.25) is 0 Å². The third-order valence-electron chi connectivity index (χ3n) is 21.8. The lowest BCUT2D eigenvalue weighted by molar-refractivity contribution is -0.156. The molecule has 0 unspecified atom stereocenters. The lowest BCUT2D eigenvalue weighted by Gasteiger charge is -2.22. The summed E-state index contributed by atoms with van der Waals surface area (Å²) in [4.78, 5) is 160. The summed E-state index contributed by atoms with van der Waals surface area (Å²) in [6.07, 6.45) is 6.66. The van der Waals surface area contributed by atoms with Gasteiger partial charge in [0.1, 0.15) is 102 Å². The Morgan fingerprint density at radius 2 is 0.578 bits per heavy atom. The number of fused-ring (bicyclic) bond motifs is 8.